The second-order valence-electron chi connectivity index (χ2n) is 3.83. The molecule has 0 saturated heterocycles. The van der Waals surface area contributed by atoms with Crippen LogP contribution in [0.4, 0.5) is 0 Å². The maximum absolute atomic E-state index is 11.5. The summed E-state index contributed by atoms with van der Waals surface area (Å²) in [5.41, 5.74) is 2.23. The van der Waals surface area contributed by atoms with Gasteiger partial charge < -0.3 is 15.3 Å². The van der Waals surface area contributed by atoms with Gasteiger partial charge in [0.2, 0.25) is 0 Å². The zero-order valence-electron chi connectivity index (χ0n) is 9.51. The second-order valence-corrected chi connectivity index (χ2v) is 3.83. The Morgan fingerprint density at radius 3 is 2.29 bits per heavy atom. The van der Waals surface area contributed by atoms with Crippen LogP contribution in [0.5, 0.6) is 17.2 Å². The van der Waals surface area contributed by atoms with Crippen LogP contribution < -0.4 is 5.43 Å². The lowest BCUT2D eigenvalue weighted by molar-refractivity contribution is 0.0954. The molecule has 17 heavy (non-hydrogen) atoms. The standard InChI is InChI=1S/C11H14N2O4/c1-6(2)5-12-13-11(17)7-3-8(14)10(16)9(15)4-7/h3-6,14-16H,1-2H3,(H,13,17)/b12-5+. The molecule has 0 spiro atoms. The minimum atomic E-state index is -0.660. The van der Waals surface area contributed by atoms with Crippen LogP contribution in [0.3, 0.4) is 0 Å². The Balaban J connectivity index is 2.83. The summed E-state index contributed by atoms with van der Waals surface area (Å²) in [6, 6.07) is 2.07. The van der Waals surface area contributed by atoms with Crippen molar-refractivity contribution in [2.45, 2.75) is 13.8 Å². The molecule has 0 fully saturated rings. The van der Waals surface area contributed by atoms with Gasteiger partial charge in [0, 0.05) is 11.8 Å². The van der Waals surface area contributed by atoms with Crippen LogP contribution in [0.15, 0.2) is 17.2 Å². The molecule has 0 atom stereocenters. The van der Waals surface area contributed by atoms with Crippen LogP contribution in [0, 0.1) is 5.92 Å². The van der Waals surface area contributed by atoms with Crippen LogP contribution in [0.1, 0.15) is 24.2 Å². The molecule has 92 valence electrons. The monoisotopic (exact) mass is 238 g/mol. The molecule has 6 nitrogen and oxygen atoms in total. The predicted octanol–water partition coefficient (Wildman–Crippen LogP) is 1.17. The molecule has 0 heterocycles. The Bertz CT molecular complexity index is 432. The number of nitrogens with one attached hydrogen (secondary N) is 1. The van der Waals surface area contributed by atoms with Gasteiger partial charge in [-0.3, -0.25) is 4.79 Å². The topological polar surface area (TPSA) is 102 Å². The third-order valence-electron chi connectivity index (χ3n) is 1.87. The van der Waals surface area contributed by atoms with E-state index in [2.05, 4.69) is 10.5 Å². The molecule has 0 radical (unpaired) electrons. The van der Waals surface area contributed by atoms with E-state index in [9.17, 15) is 15.0 Å². The van der Waals surface area contributed by atoms with Crippen molar-refractivity contribution >= 4 is 12.1 Å². The average Bonchev–Trinajstić information content (AvgIpc) is 2.24. The summed E-state index contributed by atoms with van der Waals surface area (Å²) < 4.78 is 0. The zero-order chi connectivity index (χ0) is 13.0. The summed E-state index contributed by atoms with van der Waals surface area (Å²) in [5, 5.41) is 31.2. The quantitative estimate of drug-likeness (QED) is 0.360. The van der Waals surface area contributed by atoms with E-state index in [-0.39, 0.29) is 11.5 Å². The first kappa shape index (κ1) is 12.8. The first-order chi connectivity index (χ1) is 7.91. The lowest BCUT2D eigenvalue weighted by Gasteiger charge is -2.04. The van der Waals surface area contributed by atoms with Gasteiger partial charge in [0.25, 0.3) is 5.91 Å². The number of hydrogen-bond donors (Lipinski definition) is 4. The van der Waals surface area contributed by atoms with Gasteiger partial charge in [-0.25, -0.2) is 5.43 Å². The number of rotatable bonds is 3. The Labute approximate surface area is 98.2 Å². The number of phenolic OH excluding ortho intramolecular Hbond substituents is 3. The van der Waals surface area contributed by atoms with Crippen molar-refractivity contribution in [2.24, 2.45) is 11.0 Å². The summed E-state index contributed by atoms with van der Waals surface area (Å²) >= 11 is 0. The highest BCUT2D eigenvalue weighted by molar-refractivity contribution is 5.95. The number of phenols is 3. The third-order valence-corrected chi connectivity index (χ3v) is 1.87. The summed E-state index contributed by atoms with van der Waals surface area (Å²) in [7, 11) is 0. The molecule has 6 heteroatoms. The van der Waals surface area contributed by atoms with Gasteiger partial charge in [0.15, 0.2) is 17.2 Å². The van der Waals surface area contributed by atoms with Crippen LogP contribution in [-0.4, -0.2) is 27.4 Å². The van der Waals surface area contributed by atoms with Crippen molar-refractivity contribution in [2.75, 3.05) is 0 Å². The largest absolute Gasteiger partial charge is 0.504 e. The Morgan fingerprint density at radius 2 is 1.82 bits per heavy atom. The predicted molar refractivity (Wildman–Crippen MR) is 62.2 cm³/mol. The summed E-state index contributed by atoms with van der Waals surface area (Å²) in [5.74, 6) is -2.19. The van der Waals surface area contributed by atoms with Crippen LogP contribution >= 0.6 is 0 Å². The first-order valence-corrected chi connectivity index (χ1v) is 5.00. The number of carbonyl (C=O) groups excluding carboxylic acids is 1. The van der Waals surface area contributed by atoms with E-state index in [1.807, 2.05) is 13.8 Å². The highest BCUT2D eigenvalue weighted by Crippen LogP contribution is 2.35. The normalized spacial score (nSPS) is 11.0. The van der Waals surface area contributed by atoms with Gasteiger partial charge >= 0.3 is 0 Å². The van der Waals surface area contributed by atoms with E-state index in [0.29, 0.717) is 0 Å². The fraction of sp³-hybridized carbons (Fsp3) is 0.273. The van der Waals surface area contributed by atoms with Gasteiger partial charge in [-0.15, -0.1) is 0 Å². The molecule has 0 aliphatic heterocycles. The number of nitrogens with zero attached hydrogens (tertiary/aromatic N) is 1. The van der Waals surface area contributed by atoms with Crippen molar-refractivity contribution in [3.8, 4) is 17.2 Å². The number of benzene rings is 1. The molecular formula is C11H14N2O4. The van der Waals surface area contributed by atoms with Crippen LogP contribution in [0.2, 0.25) is 0 Å². The number of aromatic hydroxyl groups is 3. The molecule has 0 bridgehead atoms. The lowest BCUT2D eigenvalue weighted by atomic mass is 10.2. The number of carbonyl (C=O) groups is 1. The van der Waals surface area contributed by atoms with E-state index in [4.69, 9.17) is 5.11 Å². The SMILES string of the molecule is CC(C)/C=N/NC(=O)c1cc(O)c(O)c(O)c1. The summed E-state index contributed by atoms with van der Waals surface area (Å²) in [6.45, 7) is 3.79. The molecule has 0 aliphatic carbocycles. The summed E-state index contributed by atoms with van der Waals surface area (Å²) in [4.78, 5) is 11.5. The van der Waals surface area contributed by atoms with Crippen LogP contribution in [-0.2, 0) is 0 Å². The van der Waals surface area contributed by atoms with Crippen molar-refractivity contribution in [1.29, 1.82) is 0 Å². The molecule has 0 aromatic heterocycles. The third kappa shape index (κ3) is 3.37. The molecular weight excluding hydrogens is 224 g/mol. The molecule has 4 N–H and O–H groups in total. The van der Waals surface area contributed by atoms with E-state index in [0.717, 1.165) is 12.1 Å². The van der Waals surface area contributed by atoms with Crippen LogP contribution in [0.25, 0.3) is 0 Å². The minimum absolute atomic E-state index is 0.00120. The maximum atomic E-state index is 11.5. The molecule has 1 aromatic rings. The van der Waals surface area contributed by atoms with Crippen molar-refractivity contribution in [3.05, 3.63) is 17.7 Å². The maximum Gasteiger partial charge on any atom is 0.271 e. The Kier molecular flexibility index (Phi) is 3.92. The highest BCUT2D eigenvalue weighted by atomic mass is 16.3. The molecule has 0 saturated carbocycles. The van der Waals surface area contributed by atoms with Crippen molar-refractivity contribution in [1.82, 2.24) is 5.43 Å². The van der Waals surface area contributed by atoms with Crippen molar-refractivity contribution < 1.29 is 20.1 Å². The average molecular weight is 238 g/mol. The highest BCUT2D eigenvalue weighted by Gasteiger charge is 2.12. The number of hydrazone groups is 1. The van der Waals surface area contributed by atoms with Gasteiger partial charge in [-0.1, -0.05) is 13.8 Å². The van der Waals surface area contributed by atoms with Gasteiger partial charge in [0.1, 0.15) is 0 Å². The Morgan fingerprint density at radius 1 is 1.29 bits per heavy atom. The second kappa shape index (κ2) is 5.20. The number of hydrogen-bond acceptors (Lipinski definition) is 5. The van der Waals surface area contributed by atoms with Gasteiger partial charge in [-0.2, -0.15) is 5.10 Å². The van der Waals surface area contributed by atoms with Gasteiger partial charge in [0.05, 0.1) is 0 Å². The molecule has 1 aromatic carbocycles. The molecule has 0 unspecified atom stereocenters. The molecule has 1 rings (SSSR count). The van der Waals surface area contributed by atoms with Gasteiger partial charge in [-0.05, 0) is 18.1 Å². The van der Waals surface area contributed by atoms with Crippen molar-refractivity contribution in [3.63, 3.8) is 0 Å². The van der Waals surface area contributed by atoms with E-state index in [1.54, 1.807) is 0 Å². The smallest absolute Gasteiger partial charge is 0.271 e. The summed E-state index contributed by atoms with van der Waals surface area (Å²) in [6.07, 6.45) is 1.54. The zero-order valence-corrected chi connectivity index (χ0v) is 9.51. The lowest BCUT2D eigenvalue weighted by Crippen LogP contribution is -2.17. The molecule has 1 amide bonds. The Hall–Kier alpha value is -2.24. The van der Waals surface area contributed by atoms with E-state index < -0.39 is 23.2 Å². The number of amides is 1. The fourth-order valence-corrected chi connectivity index (χ4v) is 1.04. The minimum Gasteiger partial charge on any atom is -0.504 e. The van der Waals surface area contributed by atoms with E-state index >= 15 is 0 Å². The molecule has 0 aliphatic rings. The first-order valence-electron chi connectivity index (χ1n) is 5.00. The fourth-order valence-electron chi connectivity index (χ4n) is 1.04. The van der Waals surface area contributed by atoms with E-state index in [1.165, 1.54) is 6.21 Å².